The number of aliphatic hydroxyl groups excluding tert-OH is 2. The molecular weight excluding hydrogens is 584 g/mol. The Balaban J connectivity index is 2.11. The van der Waals surface area contributed by atoms with Crippen molar-refractivity contribution in [3.05, 3.63) is 11.5 Å². The molecule has 0 aliphatic carbocycles. The van der Waals surface area contributed by atoms with E-state index in [-0.39, 0.29) is 12.8 Å². The molecule has 0 saturated heterocycles. The van der Waals surface area contributed by atoms with Crippen molar-refractivity contribution in [2.75, 3.05) is 6.61 Å². The highest BCUT2D eigenvalue weighted by Crippen LogP contribution is 2.25. The third-order valence-electron chi connectivity index (χ3n) is 8.73. The zero-order valence-electron chi connectivity index (χ0n) is 29.8. The second-order valence-electron chi connectivity index (χ2n) is 14.2. The van der Waals surface area contributed by atoms with Crippen molar-refractivity contribution in [2.45, 2.75) is 194 Å². The fourth-order valence-corrected chi connectivity index (χ4v) is 5.79. The number of unbranched alkanes of at least 4 members (excludes halogenated alkanes) is 18. The second-order valence-corrected chi connectivity index (χ2v) is 14.2. The van der Waals surface area contributed by atoms with Crippen LogP contribution in [-0.2, 0) is 28.6 Å². The van der Waals surface area contributed by atoms with E-state index in [1.807, 2.05) is 0 Å². The van der Waals surface area contributed by atoms with Gasteiger partial charge in [-0.15, -0.1) is 0 Å². The summed E-state index contributed by atoms with van der Waals surface area (Å²) in [6.45, 7) is 8.66. The van der Waals surface area contributed by atoms with E-state index in [2.05, 4.69) is 27.7 Å². The predicted octanol–water partition coefficient (Wildman–Crippen LogP) is 9.80. The molecule has 0 aromatic carbocycles. The van der Waals surface area contributed by atoms with Gasteiger partial charge in [0.05, 0.1) is 0 Å². The van der Waals surface area contributed by atoms with Gasteiger partial charge in [-0.3, -0.25) is 9.59 Å². The molecule has 2 atom stereocenters. The van der Waals surface area contributed by atoms with E-state index in [9.17, 15) is 24.6 Å². The van der Waals surface area contributed by atoms with Crippen molar-refractivity contribution in [1.82, 2.24) is 0 Å². The van der Waals surface area contributed by atoms with Crippen molar-refractivity contribution < 1.29 is 38.8 Å². The van der Waals surface area contributed by atoms with E-state index in [1.54, 1.807) is 0 Å². The Bertz CT molecular complexity index is 850. The third kappa shape index (κ3) is 21.7. The molecule has 1 aliphatic rings. The molecule has 0 amide bonds. The minimum Gasteiger partial charge on any atom is -0.505 e. The van der Waals surface area contributed by atoms with E-state index < -0.39 is 48.2 Å². The van der Waals surface area contributed by atoms with Gasteiger partial charge in [-0.2, -0.15) is 0 Å². The zero-order chi connectivity index (χ0) is 34.0. The van der Waals surface area contributed by atoms with E-state index >= 15 is 0 Å². The molecule has 8 nitrogen and oxygen atoms in total. The maximum atomic E-state index is 12.2. The Hall–Kier alpha value is -2.09. The van der Waals surface area contributed by atoms with E-state index in [1.165, 1.54) is 96.3 Å². The first-order chi connectivity index (χ1) is 22.1. The molecule has 1 aliphatic heterocycles. The van der Waals surface area contributed by atoms with Crippen molar-refractivity contribution in [1.29, 1.82) is 0 Å². The molecule has 0 spiro atoms. The number of aliphatic hydroxyl groups is 2. The number of carbonyl (C=O) groups excluding carboxylic acids is 3. The minimum atomic E-state index is -1.46. The minimum absolute atomic E-state index is 0.128. The van der Waals surface area contributed by atoms with Crippen LogP contribution in [0.15, 0.2) is 11.5 Å². The smallest absolute Gasteiger partial charge is 0.378 e. The third-order valence-corrected chi connectivity index (χ3v) is 8.73. The second kappa shape index (κ2) is 26.9. The normalized spacial score (nSPS) is 15.5. The Morgan fingerprint density at radius 3 is 1.41 bits per heavy atom. The van der Waals surface area contributed by atoms with Gasteiger partial charge in [0, 0.05) is 12.8 Å². The van der Waals surface area contributed by atoms with Gasteiger partial charge in [0.1, 0.15) is 12.7 Å². The standard InChI is InChI=1S/C38H68O8/c1-30(2)25-21-17-13-9-5-7-11-15-19-23-27-33(40)44-29-32(39)36-35(42)37(38(43)46-36)45-34(41)28-24-20-16-12-8-6-10-14-18-22-26-31(3)4/h30-32,36,39,42H,5-29H2,1-4H3/t32-,36+/m0/s1. The molecule has 0 saturated carbocycles. The van der Waals surface area contributed by atoms with Gasteiger partial charge in [0.2, 0.25) is 0 Å². The van der Waals surface area contributed by atoms with Crippen molar-refractivity contribution in [3.8, 4) is 0 Å². The van der Waals surface area contributed by atoms with Crippen LogP contribution in [0.3, 0.4) is 0 Å². The van der Waals surface area contributed by atoms with Crippen LogP contribution in [0, 0.1) is 11.8 Å². The topological polar surface area (TPSA) is 119 Å². The molecule has 0 aromatic rings. The van der Waals surface area contributed by atoms with Gasteiger partial charge in [0.25, 0.3) is 5.76 Å². The Morgan fingerprint density at radius 1 is 0.630 bits per heavy atom. The van der Waals surface area contributed by atoms with Gasteiger partial charge in [-0.05, 0) is 24.7 Å². The summed E-state index contributed by atoms with van der Waals surface area (Å²) in [6, 6.07) is 0. The Morgan fingerprint density at radius 2 is 1.00 bits per heavy atom. The predicted molar refractivity (Wildman–Crippen MR) is 183 cm³/mol. The molecule has 268 valence electrons. The summed E-state index contributed by atoms with van der Waals surface area (Å²) >= 11 is 0. The molecule has 46 heavy (non-hydrogen) atoms. The molecule has 1 rings (SSSR count). The molecule has 0 unspecified atom stereocenters. The Kier molecular flexibility index (Phi) is 24.5. The summed E-state index contributed by atoms with van der Waals surface area (Å²) in [4.78, 5) is 36.5. The maximum Gasteiger partial charge on any atom is 0.378 e. The summed E-state index contributed by atoms with van der Waals surface area (Å²) < 4.78 is 15.2. The van der Waals surface area contributed by atoms with Gasteiger partial charge in [0.15, 0.2) is 11.9 Å². The first-order valence-electron chi connectivity index (χ1n) is 18.8. The lowest BCUT2D eigenvalue weighted by Crippen LogP contribution is -2.33. The number of esters is 3. The number of cyclic esters (lactones) is 1. The summed E-state index contributed by atoms with van der Waals surface area (Å²) in [5, 5.41) is 20.7. The van der Waals surface area contributed by atoms with E-state index in [0.717, 1.165) is 43.9 Å². The highest BCUT2D eigenvalue weighted by Gasteiger charge is 2.42. The van der Waals surface area contributed by atoms with Gasteiger partial charge >= 0.3 is 17.9 Å². The SMILES string of the molecule is CC(C)CCCCCCCCCCCCC(=O)OC[C@H](O)[C@H]1OC(=O)C(OC(=O)CCCCCCCCCCCCC(C)C)=C1O. The first kappa shape index (κ1) is 41.9. The van der Waals surface area contributed by atoms with Gasteiger partial charge in [-0.1, -0.05) is 156 Å². The number of hydrogen-bond acceptors (Lipinski definition) is 8. The molecule has 0 bridgehead atoms. The van der Waals surface area contributed by atoms with Crippen LogP contribution in [0.5, 0.6) is 0 Å². The van der Waals surface area contributed by atoms with Gasteiger partial charge < -0.3 is 24.4 Å². The van der Waals surface area contributed by atoms with Crippen LogP contribution >= 0.6 is 0 Å². The summed E-state index contributed by atoms with van der Waals surface area (Å²) in [7, 11) is 0. The quantitative estimate of drug-likeness (QED) is 0.0447. The average molecular weight is 653 g/mol. The zero-order valence-corrected chi connectivity index (χ0v) is 29.8. The lowest BCUT2D eigenvalue weighted by atomic mass is 10.0. The lowest BCUT2D eigenvalue weighted by molar-refractivity contribution is -0.157. The van der Waals surface area contributed by atoms with E-state index in [0.29, 0.717) is 12.8 Å². The van der Waals surface area contributed by atoms with E-state index in [4.69, 9.17) is 14.2 Å². The summed E-state index contributed by atoms with van der Waals surface area (Å²) in [5.41, 5.74) is 0. The molecule has 2 N–H and O–H groups in total. The van der Waals surface area contributed by atoms with Crippen LogP contribution in [-0.4, -0.2) is 46.9 Å². The number of hydrogen-bond donors (Lipinski definition) is 2. The van der Waals surface area contributed by atoms with Crippen LogP contribution in [0.25, 0.3) is 0 Å². The highest BCUT2D eigenvalue weighted by molar-refractivity contribution is 5.92. The van der Waals surface area contributed by atoms with Gasteiger partial charge in [-0.25, -0.2) is 4.79 Å². The fourth-order valence-electron chi connectivity index (χ4n) is 5.79. The molecular formula is C38H68O8. The van der Waals surface area contributed by atoms with Crippen LogP contribution in [0.2, 0.25) is 0 Å². The van der Waals surface area contributed by atoms with Crippen molar-refractivity contribution in [2.24, 2.45) is 11.8 Å². The molecule has 0 radical (unpaired) electrons. The lowest BCUT2D eigenvalue weighted by Gasteiger charge is -2.17. The van der Waals surface area contributed by atoms with Crippen LogP contribution < -0.4 is 0 Å². The number of rotatable bonds is 30. The number of ether oxygens (including phenoxy) is 3. The highest BCUT2D eigenvalue weighted by atomic mass is 16.6. The van der Waals surface area contributed by atoms with Crippen molar-refractivity contribution >= 4 is 17.9 Å². The van der Waals surface area contributed by atoms with Crippen molar-refractivity contribution in [3.63, 3.8) is 0 Å². The van der Waals surface area contributed by atoms with Crippen LogP contribution in [0.1, 0.15) is 182 Å². The summed E-state index contributed by atoms with van der Waals surface area (Å²) in [5.74, 6) is -1.74. The molecule has 0 fully saturated rings. The Labute approximate surface area is 280 Å². The fraction of sp³-hybridized carbons (Fsp3) is 0.868. The summed E-state index contributed by atoms with van der Waals surface area (Å²) in [6.07, 6.45) is 23.3. The largest absolute Gasteiger partial charge is 0.505 e. The number of carbonyl (C=O) groups is 3. The molecule has 8 heteroatoms. The first-order valence-corrected chi connectivity index (χ1v) is 18.8. The molecule has 0 aromatic heterocycles. The average Bonchev–Trinajstić information content (AvgIpc) is 3.29. The molecule has 1 heterocycles. The van der Waals surface area contributed by atoms with Crippen LogP contribution in [0.4, 0.5) is 0 Å². The monoisotopic (exact) mass is 652 g/mol. The maximum absolute atomic E-state index is 12.2.